The first-order valence-electron chi connectivity index (χ1n) is 11.6. The van der Waals surface area contributed by atoms with Crippen molar-refractivity contribution in [3.63, 3.8) is 0 Å². The summed E-state index contributed by atoms with van der Waals surface area (Å²) in [5.74, 6) is 1.19. The van der Waals surface area contributed by atoms with Gasteiger partial charge in [0.2, 0.25) is 5.91 Å². The topological polar surface area (TPSA) is 117 Å². The number of carbonyl (C=O) groups is 2. The minimum absolute atomic E-state index is 0.0371. The lowest BCUT2D eigenvalue weighted by Gasteiger charge is -2.16. The molecule has 1 aliphatic rings. The maximum Gasteiger partial charge on any atom is 0.255 e. The van der Waals surface area contributed by atoms with Gasteiger partial charge in [0.15, 0.2) is 11.4 Å². The Morgan fingerprint density at radius 3 is 2.58 bits per heavy atom. The molecule has 180 valence electrons. The van der Waals surface area contributed by atoms with Crippen LogP contribution in [-0.4, -0.2) is 17.0 Å². The fourth-order valence-electron chi connectivity index (χ4n) is 3.73. The predicted molar refractivity (Wildman–Crippen MR) is 135 cm³/mol. The van der Waals surface area contributed by atoms with Crippen molar-refractivity contribution in [2.24, 2.45) is 5.92 Å². The number of amides is 2. The number of nitriles is 1. The van der Waals surface area contributed by atoms with Crippen molar-refractivity contribution < 1.29 is 18.8 Å². The van der Waals surface area contributed by atoms with Gasteiger partial charge in [-0.3, -0.25) is 9.59 Å². The van der Waals surface area contributed by atoms with Gasteiger partial charge in [-0.1, -0.05) is 23.4 Å². The molecule has 8 nitrogen and oxygen atoms in total. The van der Waals surface area contributed by atoms with Gasteiger partial charge in [0, 0.05) is 29.3 Å². The molecule has 2 amide bonds. The zero-order chi connectivity index (χ0) is 25.3. The van der Waals surface area contributed by atoms with Gasteiger partial charge in [0.1, 0.15) is 11.5 Å². The maximum absolute atomic E-state index is 12.8. The van der Waals surface area contributed by atoms with Crippen LogP contribution in [0.2, 0.25) is 0 Å². The molecule has 0 saturated heterocycles. The summed E-state index contributed by atoms with van der Waals surface area (Å²) < 4.78 is 11.3. The smallest absolute Gasteiger partial charge is 0.255 e. The van der Waals surface area contributed by atoms with Crippen molar-refractivity contribution in [3.05, 3.63) is 77.9 Å². The minimum Gasteiger partial charge on any atom is -0.457 e. The van der Waals surface area contributed by atoms with E-state index < -0.39 is 5.41 Å². The molecule has 1 fully saturated rings. The van der Waals surface area contributed by atoms with Crippen molar-refractivity contribution in [2.75, 3.05) is 10.6 Å². The lowest BCUT2D eigenvalue weighted by molar-refractivity contribution is -0.117. The van der Waals surface area contributed by atoms with Crippen LogP contribution < -0.4 is 15.4 Å². The Morgan fingerprint density at radius 1 is 1.03 bits per heavy atom. The van der Waals surface area contributed by atoms with Crippen LogP contribution in [0.5, 0.6) is 11.5 Å². The second-order valence-electron chi connectivity index (χ2n) is 9.35. The Hall–Kier alpha value is -4.64. The van der Waals surface area contributed by atoms with E-state index in [4.69, 9.17) is 9.26 Å². The molecule has 0 unspecified atom stereocenters. The molecule has 36 heavy (non-hydrogen) atoms. The molecule has 3 aromatic carbocycles. The van der Waals surface area contributed by atoms with Crippen molar-refractivity contribution in [1.82, 2.24) is 5.16 Å². The van der Waals surface area contributed by atoms with Gasteiger partial charge < -0.3 is 19.9 Å². The number of rotatable bonds is 7. The number of nitrogens with zero attached hydrogens (tertiary/aromatic N) is 2. The van der Waals surface area contributed by atoms with E-state index in [0.29, 0.717) is 39.5 Å². The summed E-state index contributed by atoms with van der Waals surface area (Å²) in [5, 5.41) is 19.7. The summed E-state index contributed by atoms with van der Waals surface area (Å²) in [6, 6.07) is 21.6. The number of hydrogen-bond acceptors (Lipinski definition) is 6. The van der Waals surface area contributed by atoms with E-state index in [9.17, 15) is 14.9 Å². The standard InChI is InChI=1S/C28H24N4O4/c1-28(2,16-29)19-6-3-5-18(13-19)27(34)30-20-7-4-8-21(14-20)35-22-11-12-23-24(15-22)36-32-25(23)31-26(33)17-9-10-17/h3-8,11-15,17H,9-10H2,1-2H3,(H,30,34)(H,31,32,33). The van der Waals surface area contributed by atoms with Gasteiger partial charge >= 0.3 is 0 Å². The molecule has 4 aromatic rings. The molecule has 1 aliphatic carbocycles. The van der Waals surface area contributed by atoms with E-state index in [-0.39, 0.29) is 17.7 Å². The van der Waals surface area contributed by atoms with E-state index in [2.05, 4.69) is 21.9 Å². The number of carbonyl (C=O) groups excluding carboxylic acids is 2. The van der Waals surface area contributed by atoms with Crippen LogP contribution in [0.4, 0.5) is 11.5 Å². The quantitative estimate of drug-likeness (QED) is 0.334. The van der Waals surface area contributed by atoms with Gasteiger partial charge in [-0.15, -0.1) is 0 Å². The molecule has 1 heterocycles. The first kappa shape index (κ1) is 23.1. The fraction of sp³-hybridized carbons (Fsp3) is 0.214. The monoisotopic (exact) mass is 480 g/mol. The number of ether oxygens (including phenoxy) is 1. The molecule has 1 saturated carbocycles. The fourth-order valence-corrected chi connectivity index (χ4v) is 3.73. The third-order valence-corrected chi connectivity index (χ3v) is 6.09. The predicted octanol–water partition coefficient (Wildman–Crippen LogP) is 6.02. The number of nitrogens with one attached hydrogen (secondary N) is 2. The largest absolute Gasteiger partial charge is 0.457 e. The van der Waals surface area contributed by atoms with Crippen molar-refractivity contribution in [1.29, 1.82) is 5.26 Å². The van der Waals surface area contributed by atoms with Crippen molar-refractivity contribution in [2.45, 2.75) is 32.1 Å². The van der Waals surface area contributed by atoms with E-state index in [1.807, 2.05) is 19.9 Å². The molecule has 5 rings (SSSR count). The average molecular weight is 481 g/mol. The van der Waals surface area contributed by atoms with Gasteiger partial charge in [-0.25, -0.2) is 0 Å². The molecular formula is C28H24N4O4. The van der Waals surface area contributed by atoms with Crippen LogP contribution >= 0.6 is 0 Å². The molecule has 0 spiro atoms. The van der Waals surface area contributed by atoms with E-state index in [1.54, 1.807) is 60.7 Å². The first-order valence-corrected chi connectivity index (χ1v) is 11.6. The molecule has 0 bridgehead atoms. The highest BCUT2D eigenvalue weighted by Gasteiger charge is 2.30. The van der Waals surface area contributed by atoms with Crippen LogP contribution in [0.15, 0.2) is 71.3 Å². The van der Waals surface area contributed by atoms with Crippen molar-refractivity contribution >= 4 is 34.3 Å². The molecule has 0 aliphatic heterocycles. The highest BCUT2D eigenvalue weighted by atomic mass is 16.5. The number of anilines is 2. The zero-order valence-electron chi connectivity index (χ0n) is 19.9. The molecule has 2 N–H and O–H groups in total. The lowest BCUT2D eigenvalue weighted by atomic mass is 9.85. The SMILES string of the molecule is CC(C)(C#N)c1cccc(C(=O)Nc2cccc(Oc3ccc4c(NC(=O)C5CC5)noc4c3)c2)c1. The Kier molecular flexibility index (Phi) is 5.90. The molecule has 1 aromatic heterocycles. The Bertz CT molecular complexity index is 1510. The van der Waals surface area contributed by atoms with Crippen LogP contribution in [-0.2, 0) is 10.2 Å². The summed E-state index contributed by atoms with van der Waals surface area (Å²) in [7, 11) is 0. The van der Waals surface area contributed by atoms with E-state index >= 15 is 0 Å². The first-order chi connectivity index (χ1) is 17.3. The number of fused-ring (bicyclic) bond motifs is 1. The lowest BCUT2D eigenvalue weighted by Crippen LogP contribution is -2.17. The second kappa shape index (κ2) is 9.19. The van der Waals surface area contributed by atoms with Gasteiger partial charge in [-0.05, 0) is 68.7 Å². The molecule has 0 radical (unpaired) electrons. The average Bonchev–Trinajstić information content (AvgIpc) is 3.66. The van der Waals surface area contributed by atoms with E-state index in [1.165, 1.54) is 0 Å². The zero-order valence-corrected chi connectivity index (χ0v) is 19.9. The number of hydrogen-bond donors (Lipinski definition) is 2. The van der Waals surface area contributed by atoms with Gasteiger partial charge in [0.25, 0.3) is 5.91 Å². The summed E-state index contributed by atoms with van der Waals surface area (Å²) in [6.07, 6.45) is 1.82. The van der Waals surface area contributed by atoms with Crippen LogP contribution in [0.25, 0.3) is 11.0 Å². The van der Waals surface area contributed by atoms with Crippen LogP contribution in [0.3, 0.4) is 0 Å². The summed E-state index contributed by atoms with van der Waals surface area (Å²) >= 11 is 0. The normalized spacial score (nSPS) is 13.1. The Balaban J connectivity index is 1.28. The van der Waals surface area contributed by atoms with Crippen molar-refractivity contribution in [3.8, 4) is 17.6 Å². The molecule has 8 heteroatoms. The van der Waals surface area contributed by atoms with Gasteiger partial charge in [-0.2, -0.15) is 5.26 Å². The number of aromatic nitrogens is 1. The Labute approximate surface area is 207 Å². The summed E-state index contributed by atoms with van der Waals surface area (Å²) in [5.41, 5.74) is 1.59. The third-order valence-electron chi connectivity index (χ3n) is 6.09. The van der Waals surface area contributed by atoms with Crippen LogP contribution in [0, 0.1) is 17.2 Å². The molecular weight excluding hydrogens is 456 g/mol. The highest BCUT2D eigenvalue weighted by molar-refractivity contribution is 6.04. The second-order valence-corrected chi connectivity index (χ2v) is 9.35. The maximum atomic E-state index is 12.8. The van der Waals surface area contributed by atoms with Crippen LogP contribution in [0.1, 0.15) is 42.6 Å². The summed E-state index contributed by atoms with van der Waals surface area (Å²) in [6.45, 7) is 3.62. The number of benzene rings is 3. The Morgan fingerprint density at radius 2 is 1.81 bits per heavy atom. The highest BCUT2D eigenvalue weighted by Crippen LogP contribution is 2.33. The summed E-state index contributed by atoms with van der Waals surface area (Å²) in [4.78, 5) is 24.9. The van der Waals surface area contributed by atoms with Gasteiger partial charge in [0.05, 0.1) is 16.9 Å². The molecule has 0 atom stereocenters. The van der Waals surface area contributed by atoms with E-state index in [0.717, 1.165) is 18.4 Å². The minimum atomic E-state index is -0.696. The third kappa shape index (κ3) is 4.91.